The van der Waals surface area contributed by atoms with Crippen molar-refractivity contribution in [3.8, 4) is 0 Å². The maximum atomic E-state index is 12.5. The van der Waals surface area contributed by atoms with Crippen LogP contribution >= 0.6 is 11.6 Å². The third-order valence-corrected chi connectivity index (χ3v) is 5.15. The van der Waals surface area contributed by atoms with Crippen molar-refractivity contribution < 1.29 is 4.79 Å². The maximum absolute atomic E-state index is 12.5. The summed E-state index contributed by atoms with van der Waals surface area (Å²) < 4.78 is 1.76. The minimum absolute atomic E-state index is 0.103. The van der Waals surface area contributed by atoms with Crippen molar-refractivity contribution in [2.24, 2.45) is 11.3 Å². The quantitative estimate of drug-likeness (QED) is 0.909. The van der Waals surface area contributed by atoms with Crippen LogP contribution in [-0.4, -0.2) is 58.8 Å². The van der Waals surface area contributed by atoms with Gasteiger partial charge in [0, 0.05) is 43.8 Å². The van der Waals surface area contributed by atoms with E-state index in [0.717, 1.165) is 26.2 Å². The highest BCUT2D eigenvalue weighted by Gasteiger charge is 2.49. The van der Waals surface area contributed by atoms with Crippen LogP contribution in [0, 0.1) is 11.3 Å². The summed E-state index contributed by atoms with van der Waals surface area (Å²) in [5.41, 5.74) is 0.202. The van der Waals surface area contributed by atoms with Gasteiger partial charge in [0.1, 0.15) is 5.02 Å². The van der Waals surface area contributed by atoms with E-state index in [1.165, 1.54) is 0 Å². The molecular formula is C15H24ClN5O. The summed E-state index contributed by atoms with van der Waals surface area (Å²) in [6.45, 7) is 10.0. The van der Waals surface area contributed by atoms with Gasteiger partial charge in [-0.1, -0.05) is 18.5 Å². The third kappa shape index (κ3) is 2.70. The molecule has 0 radical (unpaired) electrons. The van der Waals surface area contributed by atoms with Gasteiger partial charge >= 0.3 is 6.03 Å². The van der Waals surface area contributed by atoms with Gasteiger partial charge in [0.2, 0.25) is 0 Å². The number of likely N-dealkylation sites (tertiary alicyclic amines) is 2. The molecule has 7 heteroatoms. The monoisotopic (exact) mass is 325 g/mol. The lowest BCUT2D eigenvalue weighted by Crippen LogP contribution is -2.37. The lowest BCUT2D eigenvalue weighted by atomic mass is 9.83. The van der Waals surface area contributed by atoms with Crippen molar-refractivity contribution in [3.05, 3.63) is 11.2 Å². The third-order valence-electron chi connectivity index (χ3n) is 4.87. The van der Waals surface area contributed by atoms with Crippen molar-refractivity contribution in [2.45, 2.75) is 26.8 Å². The molecule has 22 heavy (non-hydrogen) atoms. The average Bonchev–Trinajstić information content (AvgIpc) is 2.99. The lowest BCUT2D eigenvalue weighted by Gasteiger charge is -2.23. The van der Waals surface area contributed by atoms with Gasteiger partial charge in [0.15, 0.2) is 5.82 Å². The van der Waals surface area contributed by atoms with Crippen LogP contribution in [0.5, 0.6) is 0 Å². The molecule has 0 unspecified atom stereocenters. The van der Waals surface area contributed by atoms with Crippen LogP contribution in [0.1, 0.15) is 26.8 Å². The van der Waals surface area contributed by atoms with E-state index in [2.05, 4.69) is 29.3 Å². The van der Waals surface area contributed by atoms with E-state index in [0.29, 0.717) is 16.8 Å². The van der Waals surface area contributed by atoms with Gasteiger partial charge in [-0.3, -0.25) is 10.00 Å². The molecule has 0 aliphatic carbocycles. The van der Waals surface area contributed by atoms with E-state index >= 15 is 0 Å². The minimum Gasteiger partial charge on any atom is -0.324 e. The number of nitrogens with zero attached hydrogens (tertiary/aromatic N) is 4. The van der Waals surface area contributed by atoms with Gasteiger partial charge in [-0.05, 0) is 26.8 Å². The second kappa shape index (κ2) is 5.42. The van der Waals surface area contributed by atoms with Gasteiger partial charge in [-0.2, -0.15) is 5.10 Å². The summed E-state index contributed by atoms with van der Waals surface area (Å²) >= 11 is 6.16. The number of nitrogens with one attached hydrogen (secondary N) is 1. The van der Waals surface area contributed by atoms with E-state index in [1.54, 1.807) is 10.9 Å². The first-order chi connectivity index (χ1) is 10.3. The van der Waals surface area contributed by atoms with Crippen LogP contribution in [0.15, 0.2) is 6.20 Å². The van der Waals surface area contributed by atoms with Crippen LogP contribution in [0.25, 0.3) is 0 Å². The first-order valence-corrected chi connectivity index (χ1v) is 8.15. The number of carbonyl (C=O) groups excluding carboxylic acids is 1. The Morgan fingerprint density at radius 2 is 2.18 bits per heavy atom. The van der Waals surface area contributed by atoms with Crippen molar-refractivity contribution in [3.63, 3.8) is 0 Å². The summed E-state index contributed by atoms with van der Waals surface area (Å²) in [5, 5.41) is 7.67. The number of anilines is 1. The normalized spacial score (nSPS) is 28.5. The fourth-order valence-corrected chi connectivity index (χ4v) is 3.87. The summed E-state index contributed by atoms with van der Waals surface area (Å²) in [6.07, 6.45) is 1.75. The number of carbonyl (C=O) groups is 1. The van der Waals surface area contributed by atoms with E-state index in [1.807, 2.05) is 18.7 Å². The van der Waals surface area contributed by atoms with E-state index < -0.39 is 0 Å². The Kier molecular flexibility index (Phi) is 3.85. The molecule has 2 aliphatic heterocycles. The first kappa shape index (κ1) is 15.6. The number of amides is 2. The van der Waals surface area contributed by atoms with Gasteiger partial charge in [-0.15, -0.1) is 0 Å². The zero-order valence-corrected chi connectivity index (χ0v) is 14.4. The van der Waals surface area contributed by atoms with E-state index in [4.69, 9.17) is 11.6 Å². The van der Waals surface area contributed by atoms with Crippen molar-refractivity contribution in [1.82, 2.24) is 19.6 Å². The standard InChI is InChI=1S/C15H24ClN5O/c1-10(2)21-7-12(16)13(18-21)17-14(22)20-6-11-5-19(4)8-15(11,3)9-20/h7,10-11H,5-6,8-9H2,1-4H3,(H,17,18,22)/t11-,15+/m0/s1. The highest BCUT2D eigenvalue weighted by atomic mass is 35.5. The molecule has 1 aromatic rings. The molecule has 0 spiro atoms. The second-order valence-corrected chi connectivity index (χ2v) is 7.66. The molecule has 2 fully saturated rings. The summed E-state index contributed by atoms with van der Waals surface area (Å²) in [7, 11) is 2.15. The minimum atomic E-state index is -0.103. The molecule has 2 amide bonds. The predicted octanol–water partition coefficient (Wildman–Crippen LogP) is 2.53. The molecule has 1 aromatic heterocycles. The van der Waals surface area contributed by atoms with Gasteiger partial charge < -0.3 is 9.80 Å². The van der Waals surface area contributed by atoms with Crippen LogP contribution in [-0.2, 0) is 0 Å². The molecule has 0 aromatic carbocycles. The Labute approximate surface area is 136 Å². The summed E-state index contributed by atoms with van der Waals surface area (Å²) in [6, 6.07) is 0.109. The Bertz CT molecular complexity index is 586. The predicted molar refractivity (Wildman–Crippen MR) is 87.3 cm³/mol. The zero-order valence-electron chi connectivity index (χ0n) is 13.6. The number of fused-ring (bicyclic) bond motifs is 1. The molecule has 2 atom stereocenters. The molecule has 1 N–H and O–H groups in total. The molecule has 0 bridgehead atoms. The van der Waals surface area contributed by atoms with Crippen LogP contribution in [0.4, 0.5) is 10.6 Å². The number of aromatic nitrogens is 2. The van der Waals surface area contributed by atoms with E-state index in [-0.39, 0.29) is 17.5 Å². The first-order valence-electron chi connectivity index (χ1n) is 7.77. The van der Waals surface area contributed by atoms with Crippen molar-refractivity contribution >= 4 is 23.4 Å². The number of hydrogen-bond donors (Lipinski definition) is 1. The summed E-state index contributed by atoms with van der Waals surface area (Å²) in [5.74, 6) is 0.992. The number of halogens is 1. The van der Waals surface area contributed by atoms with Gasteiger partial charge in [-0.25, -0.2) is 4.79 Å². The lowest BCUT2D eigenvalue weighted by molar-refractivity contribution is 0.208. The van der Waals surface area contributed by atoms with Crippen molar-refractivity contribution in [1.29, 1.82) is 0 Å². The fraction of sp³-hybridized carbons (Fsp3) is 0.733. The average molecular weight is 326 g/mol. The Balaban J connectivity index is 1.67. The SMILES string of the molecule is CC(C)n1cc(Cl)c(NC(=O)N2C[C@@H]3CN(C)C[C@]3(C)C2)n1. The topological polar surface area (TPSA) is 53.4 Å². The van der Waals surface area contributed by atoms with Crippen LogP contribution in [0.2, 0.25) is 5.02 Å². The molecule has 0 saturated carbocycles. The highest BCUT2D eigenvalue weighted by molar-refractivity contribution is 6.33. The number of urea groups is 1. The molecule has 2 saturated heterocycles. The molecule has 3 rings (SSSR count). The van der Waals surface area contributed by atoms with Gasteiger partial charge in [0.25, 0.3) is 0 Å². The largest absolute Gasteiger partial charge is 0.324 e. The highest BCUT2D eigenvalue weighted by Crippen LogP contribution is 2.41. The molecular weight excluding hydrogens is 302 g/mol. The summed E-state index contributed by atoms with van der Waals surface area (Å²) in [4.78, 5) is 16.7. The second-order valence-electron chi connectivity index (χ2n) is 7.26. The Morgan fingerprint density at radius 3 is 2.77 bits per heavy atom. The number of rotatable bonds is 2. The van der Waals surface area contributed by atoms with E-state index in [9.17, 15) is 4.79 Å². The van der Waals surface area contributed by atoms with Crippen LogP contribution < -0.4 is 5.32 Å². The zero-order chi connectivity index (χ0) is 16.1. The molecule has 2 aliphatic rings. The molecule has 122 valence electrons. The van der Waals surface area contributed by atoms with Crippen LogP contribution in [0.3, 0.4) is 0 Å². The smallest absolute Gasteiger partial charge is 0.323 e. The maximum Gasteiger partial charge on any atom is 0.323 e. The molecule has 3 heterocycles. The fourth-order valence-electron chi connectivity index (χ4n) is 3.68. The Hall–Kier alpha value is -1.27. The molecule has 6 nitrogen and oxygen atoms in total. The Morgan fingerprint density at radius 1 is 1.45 bits per heavy atom. The van der Waals surface area contributed by atoms with Crippen molar-refractivity contribution in [2.75, 3.05) is 38.5 Å². The van der Waals surface area contributed by atoms with Gasteiger partial charge in [0.05, 0.1) is 0 Å². The number of hydrogen-bond acceptors (Lipinski definition) is 3.